The Bertz CT molecular complexity index is 657. The molecule has 9 heteroatoms. The summed E-state index contributed by atoms with van der Waals surface area (Å²) in [5.74, 6) is 0.348. The molecule has 2 aromatic rings. The zero-order valence-electron chi connectivity index (χ0n) is 9.71. The monoisotopic (exact) mass is 302 g/mol. The van der Waals surface area contributed by atoms with Crippen LogP contribution in [0, 0.1) is 0 Å². The molecule has 0 aliphatic rings. The molecule has 1 heterocycles. The van der Waals surface area contributed by atoms with E-state index in [1.165, 1.54) is 24.5 Å². The average molecular weight is 303 g/mol. The molecule has 0 spiro atoms. The van der Waals surface area contributed by atoms with Crippen molar-refractivity contribution in [2.75, 3.05) is 12.3 Å². The van der Waals surface area contributed by atoms with Gasteiger partial charge in [-0.15, -0.1) is 0 Å². The number of nitrogens with one attached hydrogen (secondary N) is 1. The second-order valence-corrected chi connectivity index (χ2v) is 5.82. The van der Waals surface area contributed by atoms with Crippen molar-refractivity contribution >= 4 is 27.3 Å². The molecule has 0 amide bonds. The van der Waals surface area contributed by atoms with Crippen molar-refractivity contribution in [3.05, 3.63) is 35.4 Å². The molecule has 0 saturated heterocycles. The predicted octanol–water partition coefficient (Wildman–Crippen LogP) is 0.826. The number of benzene rings is 1. The van der Waals surface area contributed by atoms with E-state index < -0.39 is 10.0 Å². The summed E-state index contributed by atoms with van der Waals surface area (Å²) >= 11 is 5.84. The highest BCUT2D eigenvalue weighted by atomic mass is 35.5. The average Bonchev–Trinajstić information content (AvgIpc) is 2.85. The van der Waals surface area contributed by atoms with Crippen molar-refractivity contribution in [1.29, 1.82) is 0 Å². The molecule has 0 aliphatic carbocycles. The van der Waals surface area contributed by atoms with Crippen LogP contribution < -0.4 is 10.5 Å². The Kier molecular flexibility index (Phi) is 4.03. The fraction of sp³-hybridized carbons (Fsp3) is 0.200. The van der Waals surface area contributed by atoms with Gasteiger partial charge < -0.3 is 10.3 Å². The number of nitrogens with two attached hydrogens (primary N) is 1. The number of nitrogen functional groups attached to an aromatic ring is 1. The van der Waals surface area contributed by atoms with Gasteiger partial charge in [0.2, 0.25) is 15.9 Å². The van der Waals surface area contributed by atoms with Crippen LogP contribution in [0.4, 0.5) is 5.69 Å². The van der Waals surface area contributed by atoms with Gasteiger partial charge in [0.15, 0.2) is 6.33 Å². The zero-order valence-corrected chi connectivity index (χ0v) is 11.3. The Morgan fingerprint density at radius 2 is 2.21 bits per heavy atom. The summed E-state index contributed by atoms with van der Waals surface area (Å²) < 4.78 is 31.2. The fourth-order valence-electron chi connectivity index (χ4n) is 1.40. The third-order valence-electron chi connectivity index (χ3n) is 2.28. The van der Waals surface area contributed by atoms with Crippen LogP contribution in [-0.2, 0) is 16.4 Å². The normalized spacial score (nSPS) is 11.6. The Labute approximate surface area is 114 Å². The highest BCUT2D eigenvalue weighted by Crippen LogP contribution is 2.23. The van der Waals surface area contributed by atoms with Crippen LogP contribution >= 0.6 is 11.6 Å². The number of sulfonamides is 1. The molecule has 0 saturated carbocycles. The van der Waals surface area contributed by atoms with Crippen molar-refractivity contribution in [1.82, 2.24) is 14.9 Å². The van der Waals surface area contributed by atoms with E-state index in [0.29, 0.717) is 18.0 Å². The number of nitrogens with zero attached hydrogens (tertiary/aromatic N) is 2. The second-order valence-electron chi connectivity index (χ2n) is 3.67. The van der Waals surface area contributed by atoms with Crippen molar-refractivity contribution in [2.24, 2.45) is 0 Å². The minimum Gasteiger partial charge on any atom is -0.399 e. The largest absolute Gasteiger partial charge is 0.399 e. The fourth-order valence-corrected chi connectivity index (χ4v) is 2.97. The Balaban J connectivity index is 2.07. The summed E-state index contributed by atoms with van der Waals surface area (Å²) in [6.07, 6.45) is 1.54. The lowest BCUT2D eigenvalue weighted by molar-refractivity contribution is 0.377. The summed E-state index contributed by atoms with van der Waals surface area (Å²) in [5.41, 5.74) is 5.87. The first-order chi connectivity index (χ1) is 8.99. The molecular weight excluding hydrogens is 292 g/mol. The highest BCUT2D eigenvalue weighted by Gasteiger charge is 2.18. The molecule has 0 radical (unpaired) electrons. The Hall–Kier alpha value is -1.64. The molecule has 102 valence electrons. The summed E-state index contributed by atoms with van der Waals surface area (Å²) in [7, 11) is -3.72. The first-order valence-corrected chi connectivity index (χ1v) is 7.15. The summed E-state index contributed by atoms with van der Waals surface area (Å²) in [5, 5.41) is 3.53. The van der Waals surface area contributed by atoms with Crippen molar-refractivity contribution < 1.29 is 12.9 Å². The maximum atomic E-state index is 12.0. The van der Waals surface area contributed by atoms with E-state index in [9.17, 15) is 8.42 Å². The molecule has 0 aliphatic heterocycles. The molecule has 7 nitrogen and oxygen atoms in total. The first kappa shape index (κ1) is 13.8. The molecule has 1 aromatic carbocycles. The summed E-state index contributed by atoms with van der Waals surface area (Å²) in [6.45, 7) is 0.121. The molecule has 2 rings (SSSR count). The lowest BCUT2D eigenvalue weighted by atomic mass is 10.3. The zero-order chi connectivity index (χ0) is 13.9. The van der Waals surface area contributed by atoms with Crippen molar-refractivity contribution in [2.45, 2.75) is 11.3 Å². The molecule has 0 bridgehead atoms. The van der Waals surface area contributed by atoms with Gasteiger partial charge in [-0.2, -0.15) is 4.98 Å². The number of aromatic nitrogens is 2. The van der Waals surface area contributed by atoms with E-state index in [2.05, 4.69) is 14.9 Å². The van der Waals surface area contributed by atoms with Gasteiger partial charge in [0.1, 0.15) is 4.90 Å². The van der Waals surface area contributed by atoms with Crippen LogP contribution in [0.1, 0.15) is 5.89 Å². The number of rotatable bonds is 5. The van der Waals surface area contributed by atoms with E-state index in [0.717, 1.165) is 0 Å². The van der Waals surface area contributed by atoms with Gasteiger partial charge in [-0.3, -0.25) is 0 Å². The second kappa shape index (κ2) is 5.55. The van der Waals surface area contributed by atoms with Gasteiger partial charge in [0.25, 0.3) is 0 Å². The van der Waals surface area contributed by atoms with Gasteiger partial charge >= 0.3 is 0 Å². The minimum absolute atomic E-state index is 0.0558. The molecule has 3 N–H and O–H groups in total. The maximum Gasteiger partial charge on any atom is 0.242 e. The van der Waals surface area contributed by atoms with Crippen LogP contribution in [0.25, 0.3) is 0 Å². The molecule has 1 aromatic heterocycles. The highest BCUT2D eigenvalue weighted by molar-refractivity contribution is 7.89. The molecular formula is C10H11ClN4O3S. The van der Waals surface area contributed by atoms with Crippen LogP contribution in [0.3, 0.4) is 0 Å². The van der Waals surface area contributed by atoms with Gasteiger partial charge in [0.05, 0.1) is 5.02 Å². The van der Waals surface area contributed by atoms with Crippen LogP contribution in [0.5, 0.6) is 0 Å². The molecule has 0 fully saturated rings. The molecule has 0 unspecified atom stereocenters. The molecule has 0 atom stereocenters. The van der Waals surface area contributed by atoms with Crippen molar-refractivity contribution in [3.8, 4) is 0 Å². The van der Waals surface area contributed by atoms with Crippen LogP contribution in [-0.4, -0.2) is 25.1 Å². The smallest absolute Gasteiger partial charge is 0.242 e. The minimum atomic E-state index is -3.72. The van der Waals surface area contributed by atoms with Gasteiger partial charge in [-0.05, 0) is 18.2 Å². The van der Waals surface area contributed by atoms with Gasteiger partial charge in [-0.25, -0.2) is 13.1 Å². The van der Waals surface area contributed by atoms with Crippen LogP contribution in [0.15, 0.2) is 33.9 Å². The van der Waals surface area contributed by atoms with E-state index >= 15 is 0 Å². The number of anilines is 1. The van der Waals surface area contributed by atoms with Gasteiger partial charge in [-0.1, -0.05) is 16.8 Å². The Morgan fingerprint density at radius 1 is 1.42 bits per heavy atom. The van der Waals surface area contributed by atoms with E-state index in [1.54, 1.807) is 0 Å². The summed E-state index contributed by atoms with van der Waals surface area (Å²) in [6, 6.07) is 4.26. The third kappa shape index (κ3) is 3.43. The van der Waals surface area contributed by atoms with E-state index in [1.807, 2.05) is 0 Å². The van der Waals surface area contributed by atoms with Gasteiger partial charge in [0, 0.05) is 18.7 Å². The SMILES string of the molecule is Nc1ccc(Cl)c(S(=O)(=O)NCCc2ncno2)c1. The standard InChI is InChI=1S/C10H11ClN4O3S/c11-8-2-1-7(12)5-9(8)19(16,17)15-4-3-10-13-6-14-18-10/h1-2,5-6,15H,3-4,12H2. The lowest BCUT2D eigenvalue weighted by Crippen LogP contribution is -2.26. The topological polar surface area (TPSA) is 111 Å². The quantitative estimate of drug-likeness (QED) is 0.791. The summed E-state index contributed by atoms with van der Waals surface area (Å²) in [4.78, 5) is 3.73. The van der Waals surface area contributed by atoms with Crippen LogP contribution in [0.2, 0.25) is 5.02 Å². The van der Waals surface area contributed by atoms with E-state index in [4.69, 9.17) is 21.9 Å². The Morgan fingerprint density at radius 3 is 2.89 bits per heavy atom. The first-order valence-electron chi connectivity index (χ1n) is 5.29. The third-order valence-corrected chi connectivity index (χ3v) is 4.23. The predicted molar refractivity (Wildman–Crippen MR) is 69.1 cm³/mol. The number of hydrogen-bond acceptors (Lipinski definition) is 6. The molecule has 19 heavy (non-hydrogen) atoms. The number of hydrogen-bond donors (Lipinski definition) is 2. The van der Waals surface area contributed by atoms with Crippen molar-refractivity contribution in [3.63, 3.8) is 0 Å². The number of halogens is 1. The van der Waals surface area contributed by atoms with E-state index in [-0.39, 0.29) is 16.5 Å². The lowest BCUT2D eigenvalue weighted by Gasteiger charge is -2.08. The maximum absolute atomic E-state index is 12.0.